The Kier molecular flexibility index (Phi) is 9.67. The molecule has 5 heteroatoms. The Labute approximate surface area is 164 Å². The fourth-order valence-electron chi connectivity index (χ4n) is 3.79. The van der Waals surface area contributed by atoms with Gasteiger partial charge in [0.05, 0.1) is 13.7 Å². The van der Waals surface area contributed by atoms with E-state index >= 15 is 0 Å². The first-order valence-electron chi connectivity index (χ1n) is 10.2. The van der Waals surface area contributed by atoms with Gasteiger partial charge < -0.3 is 24.8 Å². The van der Waals surface area contributed by atoms with Crippen LogP contribution in [0.25, 0.3) is 0 Å². The Hall–Kier alpha value is -1.56. The molecule has 1 saturated heterocycles. The molecule has 1 aliphatic rings. The molecule has 152 valence electrons. The zero-order valence-corrected chi connectivity index (χ0v) is 17.0. The number of likely N-dealkylation sites (tertiary alicyclic amines) is 1. The van der Waals surface area contributed by atoms with E-state index < -0.39 is 0 Å². The van der Waals surface area contributed by atoms with E-state index in [-0.39, 0.29) is 0 Å². The number of aliphatic hydroxyl groups excluding tert-OH is 1. The van der Waals surface area contributed by atoms with Crippen LogP contribution in [0.1, 0.15) is 37.3 Å². The summed E-state index contributed by atoms with van der Waals surface area (Å²) in [5.74, 6) is 2.08. The minimum Gasteiger partial charge on any atom is -0.493 e. The molecule has 1 fully saturated rings. The summed E-state index contributed by atoms with van der Waals surface area (Å²) in [6, 6.07) is 4.24. The second-order valence-electron chi connectivity index (χ2n) is 7.23. The molecule has 0 bridgehead atoms. The molecule has 27 heavy (non-hydrogen) atoms. The highest BCUT2D eigenvalue weighted by Gasteiger charge is 2.18. The van der Waals surface area contributed by atoms with Gasteiger partial charge in [-0.3, -0.25) is 0 Å². The number of rotatable bonds is 12. The molecule has 5 nitrogen and oxygen atoms in total. The smallest absolute Gasteiger partial charge is 0.164 e. The molecule has 2 N–H and O–H groups in total. The Morgan fingerprint density at radius 1 is 1.41 bits per heavy atom. The summed E-state index contributed by atoms with van der Waals surface area (Å²) in [6.07, 6.45) is 6.14. The molecule has 1 atom stereocenters. The van der Waals surface area contributed by atoms with E-state index in [2.05, 4.69) is 28.9 Å². The number of allylic oxidation sites excluding steroid dienone is 1. The van der Waals surface area contributed by atoms with Crippen LogP contribution in [-0.2, 0) is 13.0 Å². The summed E-state index contributed by atoms with van der Waals surface area (Å²) >= 11 is 0. The van der Waals surface area contributed by atoms with E-state index in [1.165, 1.54) is 12.0 Å². The van der Waals surface area contributed by atoms with Crippen LogP contribution >= 0.6 is 0 Å². The predicted molar refractivity (Wildman–Crippen MR) is 111 cm³/mol. The number of nitrogens with one attached hydrogen (secondary N) is 1. The Bertz CT molecular complexity index is 577. The van der Waals surface area contributed by atoms with E-state index in [0.29, 0.717) is 19.1 Å². The van der Waals surface area contributed by atoms with Gasteiger partial charge in [0, 0.05) is 25.3 Å². The van der Waals surface area contributed by atoms with Gasteiger partial charge in [-0.15, -0.1) is 6.58 Å². The quantitative estimate of drug-likeness (QED) is 0.434. The lowest BCUT2D eigenvalue weighted by Gasteiger charge is -2.31. The average Bonchev–Trinajstić information content (AvgIpc) is 2.68. The molecule has 0 amide bonds. The van der Waals surface area contributed by atoms with Gasteiger partial charge in [0.1, 0.15) is 0 Å². The number of methoxy groups -OCH3 is 1. The normalized spacial score (nSPS) is 17.7. The van der Waals surface area contributed by atoms with Gasteiger partial charge in [0.2, 0.25) is 0 Å². The second kappa shape index (κ2) is 12.0. The van der Waals surface area contributed by atoms with Crippen molar-refractivity contribution in [3.8, 4) is 11.5 Å². The van der Waals surface area contributed by atoms with Crippen LogP contribution in [-0.4, -0.2) is 56.5 Å². The third-order valence-electron chi connectivity index (χ3n) is 5.08. The van der Waals surface area contributed by atoms with Gasteiger partial charge in [-0.2, -0.15) is 0 Å². The van der Waals surface area contributed by atoms with Gasteiger partial charge in [-0.05, 0) is 69.8 Å². The average molecular weight is 377 g/mol. The van der Waals surface area contributed by atoms with Crippen molar-refractivity contribution < 1.29 is 14.6 Å². The zero-order valence-electron chi connectivity index (χ0n) is 17.0. The standard InChI is InChI=1S/C22H36N2O3/c1-4-8-20-13-19(14-21(27-5-2)22(20)26-3)15-23-10-7-12-24-11-6-9-18(16-24)17-25/h4,13-14,18,23,25H,1,5-12,15-17H2,2-3H3. The van der Waals surface area contributed by atoms with Gasteiger partial charge in [-0.1, -0.05) is 12.1 Å². The van der Waals surface area contributed by atoms with Gasteiger partial charge in [0.25, 0.3) is 0 Å². The first-order valence-corrected chi connectivity index (χ1v) is 10.2. The van der Waals surface area contributed by atoms with Gasteiger partial charge in [0.15, 0.2) is 11.5 Å². The molecule has 0 spiro atoms. The Balaban J connectivity index is 1.83. The molecule has 0 aromatic heterocycles. The molecule has 0 aliphatic carbocycles. The van der Waals surface area contributed by atoms with Gasteiger partial charge in [-0.25, -0.2) is 0 Å². The molecule has 1 heterocycles. The highest BCUT2D eigenvalue weighted by Crippen LogP contribution is 2.33. The summed E-state index contributed by atoms with van der Waals surface area (Å²) in [5, 5.41) is 12.9. The lowest BCUT2D eigenvalue weighted by atomic mass is 9.99. The third kappa shape index (κ3) is 6.83. The number of hydrogen-bond acceptors (Lipinski definition) is 5. The number of benzene rings is 1. The van der Waals surface area contributed by atoms with Crippen molar-refractivity contribution in [3.63, 3.8) is 0 Å². The molecule has 1 unspecified atom stereocenters. The maximum absolute atomic E-state index is 9.34. The predicted octanol–water partition coefficient (Wildman–Crippen LogP) is 3.01. The Morgan fingerprint density at radius 2 is 2.26 bits per heavy atom. The summed E-state index contributed by atoms with van der Waals surface area (Å²) < 4.78 is 11.3. The molecule has 1 aromatic rings. The summed E-state index contributed by atoms with van der Waals surface area (Å²) in [6.45, 7) is 11.9. The van der Waals surface area contributed by atoms with Crippen molar-refractivity contribution in [1.29, 1.82) is 0 Å². The van der Waals surface area contributed by atoms with Crippen LogP contribution in [0.3, 0.4) is 0 Å². The van der Waals surface area contributed by atoms with Crippen molar-refractivity contribution in [3.05, 3.63) is 35.9 Å². The monoisotopic (exact) mass is 376 g/mol. The van der Waals surface area contributed by atoms with E-state index in [0.717, 1.165) is 69.0 Å². The van der Waals surface area contributed by atoms with E-state index in [4.69, 9.17) is 9.47 Å². The van der Waals surface area contributed by atoms with Crippen molar-refractivity contribution in [2.75, 3.05) is 46.5 Å². The number of piperidine rings is 1. The first kappa shape index (κ1) is 21.7. The lowest BCUT2D eigenvalue weighted by Crippen LogP contribution is -2.38. The van der Waals surface area contributed by atoms with E-state index in [9.17, 15) is 5.11 Å². The highest BCUT2D eigenvalue weighted by atomic mass is 16.5. The van der Waals surface area contributed by atoms with Crippen molar-refractivity contribution in [2.24, 2.45) is 5.92 Å². The van der Waals surface area contributed by atoms with E-state index in [1.807, 2.05) is 13.0 Å². The van der Waals surface area contributed by atoms with Crippen LogP contribution < -0.4 is 14.8 Å². The first-order chi connectivity index (χ1) is 13.2. The molecular weight excluding hydrogens is 340 g/mol. The van der Waals surface area contributed by atoms with Gasteiger partial charge >= 0.3 is 0 Å². The number of nitrogens with zero attached hydrogens (tertiary/aromatic N) is 1. The van der Waals surface area contributed by atoms with E-state index in [1.54, 1.807) is 7.11 Å². The zero-order chi connectivity index (χ0) is 19.5. The largest absolute Gasteiger partial charge is 0.493 e. The SMILES string of the molecule is C=CCc1cc(CNCCCN2CCCC(CO)C2)cc(OCC)c1OC. The molecular formula is C22H36N2O3. The van der Waals surface area contributed by atoms with Crippen LogP contribution in [0, 0.1) is 5.92 Å². The fraction of sp³-hybridized carbons (Fsp3) is 0.636. The van der Waals surface area contributed by atoms with Crippen LogP contribution in [0.15, 0.2) is 24.8 Å². The molecule has 0 saturated carbocycles. The number of hydrogen-bond donors (Lipinski definition) is 2. The second-order valence-corrected chi connectivity index (χ2v) is 7.23. The maximum Gasteiger partial charge on any atom is 0.164 e. The van der Waals surface area contributed by atoms with Crippen LogP contribution in [0.4, 0.5) is 0 Å². The maximum atomic E-state index is 9.34. The molecule has 1 aliphatic heterocycles. The lowest BCUT2D eigenvalue weighted by molar-refractivity contribution is 0.119. The van der Waals surface area contributed by atoms with Crippen molar-refractivity contribution >= 4 is 0 Å². The Morgan fingerprint density at radius 3 is 2.96 bits per heavy atom. The third-order valence-corrected chi connectivity index (χ3v) is 5.08. The minimum absolute atomic E-state index is 0.321. The van der Waals surface area contributed by atoms with Crippen LogP contribution in [0.5, 0.6) is 11.5 Å². The summed E-state index contributed by atoms with van der Waals surface area (Å²) in [7, 11) is 1.68. The number of aliphatic hydroxyl groups is 1. The fourth-order valence-corrected chi connectivity index (χ4v) is 3.79. The highest BCUT2D eigenvalue weighted by molar-refractivity contribution is 5.50. The van der Waals surface area contributed by atoms with Crippen molar-refractivity contribution in [1.82, 2.24) is 10.2 Å². The molecule has 0 radical (unpaired) electrons. The topological polar surface area (TPSA) is 54.0 Å². The summed E-state index contributed by atoms with van der Waals surface area (Å²) in [5.41, 5.74) is 2.31. The molecule has 1 aromatic carbocycles. The van der Waals surface area contributed by atoms with Crippen molar-refractivity contribution in [2.45, 2.75) is 39.2 Å². The van der Waals surface area contributed by atoms with Crippen LogP contribution in [0.2, 0.25) is 0 Å². The minimum atomic E-state index is 0.321. The number of ether oxygens (including phenoxy) is 2. The summed E-state index contributed by atoms with van der Waals surface area (Å²) in [4.78, 5) is 2.48. The molecule has 2 rings (SSSR count).